The Morgan fingerprint density at radius 2 is 2.15 bits per heavy atom. The predicted octanol–water partition coefficient (Wildman–Crippen LogP) is 3.52. The Kier molecular flexibility index (Phi) is 4.05. The number of thiazole rings is 1. The van der Waals surface area contributed by atoms with Crippen LogP contribution in [0.2, 0.25) is 0 Å². The van der Waals surface area contributed by atoms with Gasteiger partial charge in [-0.3, -0.25) is 10.1 Å². The van der Waals surface area contributed by atoms with Crippen molar-refractivity contribution in [3.63, 3.8) is 0 Å². The molecule has 1 heterocycles. The minimum absolute atomic E-state index is 0.0433. The van der Waals surface area contributed by atoms with Crippen LogP contribution in [-0.4, -0.2) is 21.0 Å². The number of aromatic carboxylic acids is 1. The molecule has 0 atom stereocenters. The molecule has 6 nitrogen and oxygen atoms in total. The third kappa shape index (κ3) is 2.81. The van der Waals surface area contributed by atoms with Gasteiger partial charge in [0.2, 0.25) is 0 Å². The van der Waals surface area contributed by atoms with Gasteiger partial charge in [0.25, 0.3) is 5.69 Å². The minimum atomic E-state index is -1.01. The molecule has 0 radical (unpaired) electrons. The zero-order chi connectivity index (χ0) is 14.9. The molecule has 0 saturated carbocycles. The van der Waals surface area contributed by atoms with Crippen molar-refractivity contribution in [3.8, 4) is 0 Å². The van der Waals surface area contributed by atoms with Crippen molar-refractivity contribution in [2.45, 2.75) is 23.1 Å². The van der Waals surface area contributed by atoms with Crippen LogP contribution in [0.25, 0.3) is 0 Å². The number of hydrogen-bond donors (Lipinski definition) is 1. The molecule has 20 heavy (non-hydrogen) atoms. The van der Waals surface area contributed by atoms with E-state index in [4.69, 9.17) is 5.11 Å². The average Bonchev–Trinajstić information content (AvgIpc) is 2.72. The molecule has 8 heteroatoms. The Bertz CT molecular complexity index is 697. The molecule has 0 aliphatic rings. The van der Waals surface area contributed by atoms with Crippen molar-refractivity contribution in [2.24, 2.45) is 0 Å². The van der Waals surface area contributed by atoms with Crippen LogP contribution in [-0.2, 0) is 0 Å². The minimum Gasteiger partial charge on any atom is -0.477 e. The number of carboxylic acid groups (broad SMARTS) is 1. The molecular weight excluding hydrogens is 300 g/mol. The van der Waals surface area contributed by atoms with E-state index in [-0.39, 0.29) is 10.6 Å². The van der Waals surface area contributed by atoms with Crippen molar-refractivity contribution in [3.05, 3.63) is 44.4 Å². The van der Waals surface area contributed by atoms with Gasteiger partial charge in [-0.05, 0) is 19.9 Å². The maximum absolute atomic E-state index is 11.0. The topological polar surface area (TPSA) is 93.3 Å². The van der Waals surface area contributed by atoms with Gasteiger partial charge in [0, 0.05) is 16.5 Å². The first-order valence-electron chi connectivity index (χ1n) is 5.52. The zero-order valence-corrected chi connectivity index (χ0v) is 12.2. The third-order valence-electron chi connectivity index (χ3n) is 2.62. The van der Waals surface area contributed by atoms with E-state index < -0.39 is 10.9 Å². The summed E-state index contributed by atoms with van der Waals surface area (Å²) in [6, 6.07) is 4.80. The standard InChI is InChI=1S/C12H10N2O4S2/c1-6-8(14(17)18)4-3-5-9(6)19-12-13-7(2)10(20-12)11(15)16/h3-5H,1-2H3,(H,15,16). The highest BCUT2D eigenvalue weighted by molar-refractivity contribution is 8.01. The number of aryl methyl sites for hydroxylation is 1. The second kappa shape index (κ2) is 5.59. The third-order valence-corrected chi connectivity index (χ3v) is 4.99. The first-order chi connectivity index (χ1) is 9.40. The Balaban J connectivity index is 2.35. The Morgan fingerprint density at radius 3 is 2.70 bits per heavy atom. The molecule has 0 aliphatic heterocycles. The number of carbonyl (C=O) groups is 1. The highest BCUT2D eigenvalue weighted by atomic mass is 32.2. The van der Waals surface area contributed by atoms with Gasteiger partial charge in [-0.15, -0.1) is 11.3 Å². The van der Waals surface area contributed by atoms with Crippen molar-refractivity contribution < 1.29 is 14.8 Å². The maximum Gasteiger partial charge on any atom is 0.347 e. The molecule has 0 bridgehead atoms. The lowest BCUT2D eigenvalue weighted by Crippen LogP contribution is -1.94. The molecule has 0 spiro atoms. The second-order valence-electron chi connectivity index (χ2n) is 3.96. The number of nitrogens with zero attached hydrogens (tertiary/aromatic N) is 2. The van der Waals surface area contributed by atoms with Crippen molar-refractivity contribution >= 4 is 34.8 Å². The molecule has 104 valence electrons. The summed E-state index contributed by atoms with van der Waals surface area (Å²) >= 11 is 2.31. The van der Waals surface area contributed by atoms with Crippen LogP contribution in [0.1, 0.15) is 20.9 Å². The fourth-order valence-corrected chi connectivity index (χ4v) is 3.72. The number of nitro groups is 1. The average molecular weight is 310 g/mol. The Morgan fingerprint density at radius 1 is 1.45 bits per heavy atom. The molecule has 1 aromatic carbocycles. The smallest absolute Gasteiger partial charge is 0.347 e. The number of nitro benzene ring substituents is 1. The molecular formula is C12H10N2O4S2. The van der Waals surface area contributed by atoms with E-state index in [1.807, 2.05) is 0 Å². The van der Waals surface area contributed by atoms with Gasteiger partial charge in [-0.1, -0.05) is 17.8 Å². The Hall–Kier alpha value is -1.93. The fraction of sp³-hybridized carbons (Fsp3) is 0.167. The predicted molar refractivity (Wildman–Crippen MR) is 75.8 cm³/mol. The molecule has 1 N–H and O–H groups in total. The van der Waals surface area contributed by atoms with Crippen LogP contribution in [0, 0.1) is 24.0 Å². The first kappa shape index (κ1) is 14.5. The summed E-state index contributed by atoms with van der Waals surface area (Å²) in [7, 11) is 0. The van der Waals surface area contributed by atoms with E-state index in [1.54, 1.807) is 26.0 Å². The normalized spacial score (nSPS) is 10.5. The van der Waals surface area contributed by atoms with Gasteiger partial charge >= 0.3 is 5.97 Å². The van der Waals surface area contributed by atoms with Crippen LogP contribution in [0.15, 0.2) is 27.4 Å². The van der Waals surface area contributed by atoms with Gasteiger partial charge in [0.15, 0.2) is 4.34 Å². The van der Waals surface area contributed by atoms with E-state index in [0.717, 1.165) is 11.3 Å². The number of aromatic nitrogens is 1. The van der Waals surface area contributed by atoms with Crippen LogP contribution >= 0.6 is 23.1 Å². The SMILES string of the molecule is Cc1nc(Sc2cccc([N+](=O)[O-])c2C)sc1C(=O)O. The molecule has 0 unspecified atom stereocenters. The summed E-state index contributed by atoms with van der Waals surface area (Å²) in [5, 5.41) is 19.9. The van der Waals surface area contributed by atoms with Crippen molar-refractivity contribution in [2.75, 3.05) is 0 Å². The van der Waals surface area contributed by atoms with E-state index in [0.29, 0.717) is 20.5 Å². The molecule has 2 rings (SSSR count). The summed E-state index contributed by atoms with van der Waals surface area (Å²) in [4.78, 5) is 26.5. The molecule has 0 fully saturated rings. The monoisotopic (exact) mass is 310 g/mol. The molecule has 2 aromatic rings. The largest absolute Gasteiger partial charge is 0.477 e. The van der Waals surface area contributed by atoms with Crippen LogP contribution in [0.5, 0.6) is 0 Å². The highest BCUT2D eigenvalue weighted by Gasteiger charge is 2.18. The number of benzene rings is 1. The second-order valence-corrected chi connectivity index (χ2v) is 6.25. The van der Waals surface area contributed by atoms with Crippen molar-refractivity contribution in [1.82, 2.24) is 4.98 Å². The van der Waals surface area contributed by atoms with Gasteiger partial charge in [-0.25, -0.2) is 9.78 Å². The van der Waals surface area contributed by atoms with Gasteiger partial charge in [-0.2, -0.15) is 0 Å². The number of hydrogen-bond acceptors (Lipinski definition) is 6. The fourth-order valence-electron chi connectivity index (χ4n) is 1.62. The van der Waals surface area contributed by atoms with E-state index in [9.17, 15) is 14.9 Å². The molecule has 0 saturated heterocycles. The van der Waals surface area contributed by atoms with Crippen molar-refractivity contribution in [1.29, 1.82) is 0 Å². The lowest BCUT2D eigenvalue weighted by molar-refractivity contribution is -0.385. The summed E-state index contributed by atoms with van der Waals surface area (Å²) in [6.07, 6.45) is 0. The van der Waals surface area contributed by atoms with E-state index in [2.05, 4.69) is 4.98 Å². The van der Waals surface area contributed by atoms with E-state index >= 15 is 0 Å². The summed E-state index contributed by atoms with van der Waals surface area (Å²) in [6.45, 7) is 3.29. The lowest BCUT2D eigenvalue weighted by Gasteiger charge is -2.03. The molecule has 0 amide bonds. The summed E-state index contributed by atoms with van der Waals surface area (Å²) in [5.41, 5.74) is 1.04. The van der Waals surface area contributed by atoms with Crippen LogP contribution in [0.3, 0.4) is 0 Å². The van der Waals surface area contributed by atoms with Gasteiger partial charge < -0.3 is 5.11 Å². The Labute approximate surface area is 122 Å². The highest BCUT2D eigenvalue weighted by Crippen LogP contribution is 2.37. The molecule has 1 aromatic heterocycles. The van der Waals surface area contributed by atoms with Crippen LogP contribution < -0.4 is 0 Å². The van der Waals surface area contributed by atoms with Gasteiger partial charge in [0.1, 0.15) is 4.88 Å². The summed E-state index contributed by atoms with van der Waals surface area (Å²) < 4.78 is 0.559. The van der Waals surface area contributed by atoms with Gasteiger partial charge in [0.05, 0.1) is 10.6 Å². The number of rotatable bonds is 4. The quantitative estimate of drug-likeness (QED) is 0.686. The lowest BCUT2D eigenvalue weighted by atomic mass is 10.2. The van der Waals surface area contributed by atoms with E-state index in [1.165, 1.54) is 17.8 Å². The summed E-state index contributed by atoms with van der Waals surface area (Å²) in [5.74, 6) is -1.01. The maximum atomic E-state index is 11.0. The first-order valence-corrected chi connectivity index (χ1v) is 7.16. The number of carboxylic acids is 1. The van der Waals surface area contributed by atoms with Crippen LogP contribution in [0.4, 0.5) is 5.69 Å². The zero-order valence-electron chi connectivity index (χ0n) is 10.6. The molecule has 0 aliphatic carbocycles.